The lowest BCUT2D eigenvalue weighted by Gasteiger charge is -2.03. The number of hydrogen-bond acceptors (Lipinski definition) is 4. The number of rotatable bonds is 3. The summed E-state index contributed by atoms with van der Waals surface area (Å²) in [4.78, 5) is 19.7. The molecule has 2 rings (SSSR count). The van der Waals surface area contributed by atoms with Crippen LogP contribution in [0.15, 0.2) is 29.2 Å². The van der Waals surface area contributed by atoms with Gasteiger partial charge in [0.15, 0.2) is 0 Å². The summed E-state index contributed by atoms with van der Waals surface area (Å²) in [5, 5.41) is 4.60. The second kappa shape index (κ2) is 4.85. The first-order chi connectivity index (χ1) is 7.74. The number of aryl methyl sites for hydroxylation is 1. The van der Waals surface area contributed by atoms with Crippen LogP contribution in [0, 0.1) is 6.92 Å². The van der Waals surface area contributed by atoms with Crippen molar-refractivity contribution in [1.29, 1.82) is 0 Å². The molecule has 0 unspecified atom stereocenters. The number of amides is 1. The van der Waals surface area contributed by atoms with E-state index < -0.39 is 0 Å². The van der Waals surface area contributed by atoms with E-state index in [1.54, 1.807) is 11.7 Å². The molecule has 0 bridgehead atoms. The van der Waals surface area contributed by atoms with Crippen molar-refractivity contribution in [3.8, 4) is 0 Å². The lowest BCUT2D eigenvalue weighted by atomic mass is 10.3. The van der Waals surface area contributed by atoms with Gasteiger partial charge in [-0.2, -0.15) is 0 Å². The van der Waals surface area contributed by atoms with E-state index in [1.807, 2.05) is 24.4 Å². The number of anilines is 1. The molecule has 2 heterocycles. The highest BCUT2D eigenvalue weighted by Crippen LogP contribution is 2.07. The molecular weight excluding hydrogens is 222 g/mol. The average molecular weight is 233 g/mol. The molecule has 0 aliphatic heterocycles. The molecule has 0 aromatic carbocycles. The topological polar surface area (TPSA) is 54.9 Å². The van der Waals surface area contributed by atoms with Crippen molar-refractivity contribution < 1.29 is 4.79 Å². The van der Waals surface area contributed by atoms with Gasteiger partial charge < -0.3 is 5.32 Å². The van der Waals surface area contributed by atoms with E-state index in [-0.39, 0.29) is 5.91 Å². The second-order valence-corrected chi connectivity index (χ2v) is 4.14. The van der Waals surface area contributed by atoms with E-state index in [2.05, 4.69) is 15.3 Å². The van der Waals surface area contributed by atoms with Gasteiger partial charge in [-0.3, -0.25) is 4.79 Å². The molecule has 1 N–H and O–H groups in total. The Balaban J connectivity index is 1.97. The average Bonchev–Trinajstić information content (AvgIpc) is 2.70. The van der Waals surface area contributed by atoms with Gasteiger partial charge in [-0.05, 0) is 24.6 Å². The molecule has 16 heavy (non-hydrogen) atoms. The fraction of sp³-hybridized carbons (Fsp3) is 0.182. The molecule has 0 aliphatic carbocycles. The van der Waals surface area contributed by atoms with E-state index in [4.69, 9.17) is 0 Å². The predicted octanol–water partition coefficient (Wildman–Crippen LogP) is 2.03. The third-order valence-corrected chi connectivity index (χ3v) is 2.64. The summed E-state index contributed by atoms with van der Waals surface area (Å²) in [5.41, 5.74) is 3.57. The summed E-state index contributed by atoms with van der Waals surface area (Å²) in [7, 11) is 0. The molecule has 2 aromatic rings. The smallest absolute Gasteiger partial charge is 0.231 e. The molecule has 0 spiro atoms. The molecule has 0 radical (unpaired) electrons. The minimum Gasteiger partial charge on any atom is -0.310 e. The van der Waals surface area contributed by atoms with Crippen LogP contribution in [0.3, 0.4) is 0 Å². The predicted molar refractivity (Wildman–Crippen MR) is 63.4 cm³/mol. The highest BCUT2D eigenvalue weighted by atomic mass is 32.1. The van der Waals surface area contributed by atoms with Gasteiger partial charge in [0.05, 0.1) is 17.6 Å². The van der Waals surface area contributed by atoms with Crippen molar-refractivity contribution in [2.45, 2.75) is 13.3 Å². The van der Waals surface area contributed by atoms with Crippen LogP contribution < -0.4 is 5.32 Å². The van der Waals surface area contributed by atoms with Crippen molar-refractivity contribution in [2.75, 3.05) is 5.32 Å². The first-order valence-corrected chi connectivity index (χ1v) is 5.78. The van der Waals surface area contributed by atoms with Gasteiger partial charge in [0.2, 0.25) is 5.91 Å². The highest BCUT2D eigenvalue weighted by Gasteiger charge is 2.05. The number of thiazole rings is 1. The minimum atomic E-state index is -0.0935. The van der Waals surface area contributed by atoms with Crippen LogP contribution in [0.25, 0.3) is 0 Å². The zero-order valence-corrected chi connectivity index (χ0v) is 9.62. The molecule has 2 aromatic heterocycles. The molecule has 0 saturated carbocycles. The zero-order valence-electron chi connectivity index (χ0n) is 8.80. The van der Waals surface area contributed by atoms with Crippen LogP contribution in [0.2, 0.25) is 0 Å². The Morgan fingerprint density at radius 1 is 1.50 bits per heavy atom. The lowest BCUT2D eigenvalue weighted by molar-refractivity contribution is -0.115. The van der Waals surface area contributed by atoms with E-state index >= 15 is 0 Å². The van der Waals surface area contributed by atoms with Crippen LogP contribution in [-0.2, 0) is 11.2 Å². The van der Waals surface area contributed by atoms with Gasteiger partial charge in [-0.15, -0.1) is 11.3 Å². The van der Waals surface area contributed by atoms with Gasteiger partial charge in [-0.1, -0.05) is 0 Å². The molecule has 0 atom stereocenters. The lowest BCUT2D eigenvalue weighted by Crippen LogP contribution is -2.15. The van der Waals surface area contributed by atoms with Gasteiger partial charge in [-0.25, -0.2) is 9.97 Å². The number of carbonyl (C=O) groups is 1. The Labute approximate surface area is 97.4 Å². The van der Waals surface area contributed by atoms with Crippen LogP contribution in [0.5, 0.6) is 0 Å². The van der Waals surface area contributed by atoms with Crippen molar-refractivity contribution >= 4 is 23.1 Å². The Morgan fingerprint density at radius 2 is 2.38 bits per heavy atom. The summed E-state index contributed by atoms with van der Waals surface area (Å²) in [6, 6.07) is 3.72. The number of pyridine rings is 1. The highest BCUT2D eigenvalue weighted by molar-refractivity contribution is 7.07. The minimum absolute atomic E-state index is 0.0935. The van der Waals surface area contributed by atoms with Crippen molar-refractivity contribution in [2.24, 2.45) is 0 Å². The van der Waals surface area contributed by atoms with E-state index in [1.165, 1.54) is 11.3 Å². The Kier molecular flexibility index (Phi) is 3.26. The van der Waals surface area contributed by atoms with E-state index in [0.717, 1.165) is 11.3 Å². The fourth-order valence-electron chi connectivity index (χ4n) is 1.28. The number of carbonyl (C=O) groups excluding carboxylic acids is 1. The first-order valence-electron chi connectivity index (χ1n) is 4.83. The monoisotopic (exact) mass is 233 g/mol. The molecule has 0 fully saturated rings. The van der Waals surface area contributed by atoms with Crippen LogP contribution >= 0.6 is 11.3 Å². The summed E-state index contributed by atoms with van der Waals surface area (Å²) in [5.74, 6) is 0.490. The Morgan fingerprint density at radius 3 is 3.06 bits per heavy atom. The number of nitrogens with one attached hydrogen (secondary N) is 1. The molecular formula is C11H11N3OS. The molecule has 0 aliphatic rings. The molecule has 0 saturated heterocycles. The maximum Gasteiger partial charge on any atom is 0.231 e. The third kappa shape index (κ3) is 2.87. The molecule has 1 amide bonds. The number of nitrogens with zero attached hydrogens (tertiary/aromatic N) is 2. The quantitative estimate of drug-likeness (QED) is 0.882. The van der Waals surface area contributed by atoms with E-state index in [9.17, 15) is 4.79 Å². The second-order valence-electron chi connectivity index (χ2n) is 3.42. The van der Waals surface area contributed by atoms with Crippen LogP contribution in [0.4, 0.5) is 5.82 Å². The zero-order chi connectivity index (χ0) is 11.4. The van der Waals surface area contributed by atoms with Crippen LogP contribution in [0.1, 0.15) is 11.3 Å². The Hall–Kier alpha value is -1.75. The SMILES string of the molecule is Cc1ccnc(NC(=O)Cc2cscn2)c1. The van der Waals surface area contributed by atoms with Crippen molar-refractivity contribution in [3.63, 3.8) is 0 Å². The van der Waals surface area contributed by atoms with Gasteiger partial charge in [0, 0.05) is 11.6 Å². The molecule has 5 heteroatoms. The fourth-order valence-corrected chi connectivity index (χ4v) is 1.84. The van der Waals surface area contributed by atoms with Gasteiger partial charge in [0.1, 0.15) is 5.82 Å². The summed E-state index contributed by atoms with van der Waals surface area (Å²) in [6.45, 7) is 1.96. The molecule has 82 valence electrons. The van der Waals surface area contributed by atoms with E-state index in [0.29, 0.717) is 12.2 Å². The summed E-state index contributed by atoms with van der Waals surface area (Å²) in [6.07, 6.45) is 1.97. The summed E-state index contributed by atoms with van der Waals surface area (Å²) < 4.78 is 0. The van der Waals surface area contributed by atoms with Crippen molar-refractivity contribution in [1.82, 2.24) is 9.97 Å². The number of hydrogen-bond donors (Lipinski definition) is 1. The summed E-state index contributed by atoms with van der Waals surface area (Å²) >= 11 is 1.48. The maximum atomic E-state index is 11.6. The van der Waals surface area contributed by atoms with Gasteiger partial charge in [0.25, 0.3) is 0 Å². The van der Waals surface area contributed by atoms with Gasteiger partial charge >= 0.3 is 0 Å². The largest absolute Gasteiger partial charge is 0.310 e. The molecule has 4 nitrogen and oxygen atoms in total. The third-order valence-electron chi connectivity index (χ3n) is 2.01. The normalized spacial score (nSPS) is 10.1. The maximum absolute atomic E-state index is 11.6. The Bertz CT molecular complexity index is 482. The standard InChI is InChI=1S/C11H11N3OS/c1-8-2-3-12-10(4-8)14-11(15)5-9-6-16-7-13-9/h2-4,6-7H,5H2,1H3,(H,12,14,15). The van der Waals surface area contributed by atoms with Crippen LogP contribution in [-0.4, -0.2) is 15.9 Å². The number of aromatic nitrogens is 2. The van der Waals surface area contributed by atoms with Crippen molar-refractivity contribution in [3.05, 3.63) is 40.5 Å². The first kappa shape index (κ1) is 10.8.